The third kappa shape index (κ3) is 3.93. The number of hydrogen-bond donors (Lipinski definition) is 6. The predicted octanol–water partition coefficient (Wildman–Crippen LogP) is 0.333. The number of aromatic hydroxyl groups is 1. The number of Topliss-reactive ketones (excluding diaryl/α,β-unsaturated/α-hetero) is 1. The van der Waals surface area contributed by atoms with Gasteiger partial charge in [-0.15, -0.1) is 0 Å². The van der Waals surface area contributed by atoms with E-state index in [0.29, 0.717) is 24.6 Å². The molecule has 11 heteroatoms. The van der Waals surface area contributed by atoms with Crippen molar-refractivity contribution < 1.29 is 30.0 Å². The quantitative estimate of drug-likeness (QED) is 0.282. The van der Waals surface area contributed by atoms with Gasteiger partial charge in [-0.25, -0.2) is 0 Å². The molecule has 5 rings (SSSR count). The van der Waals surface area contributed by atoms with Gasteiger partial charge in [0.2, 0.25) is 0 Å². The van der Waals surface area contributed by atoms with Gasteiger partial charge < -0.3 is 0 Å². The number of allylic oxidation sites excluding steroid dienone is 1. The molecular weight excluding hydrogens is 499 g/mol. The summed E-state index contributed by atoms with van der Waals surface area (Å²) in [4.78, 5) is 29.9. The van der Waals surface area contributed by atoms with Gasteiger partial charge in [0, 0.05) is 0 Å². The normalized spacial score (nSPS) is 28.7. The molecule has 0 radical (unpaired) electrons. The molecule has 7 N–H and O–H groups in total. The number of aliphatic hydroxyl groups excluding tert-OH is 2. The maximum absolute atomic E-state index is 14.0. The topological polar surface area (TPSA) is 160 Å². The zero-order valence-electron chi connectivity index (χ0n) is 22.9. The van der Waals surface area contributed by atoms with Gasteiger partial charge in [0.05, 0.1) is 0 Å². The third-order valence-corrected chi connectivity index (χ3v) is 9.10. The summed E-state index contributed by atoms with van der Waals surface area (Å²) < 4.78 is 0. The Morgan fingerprint density at radius 1 is 1.21 bits per heavy atom. The number of amides is 1. The van der Waals surface area contributed by atoms with Gasteiger partial charge in [0.1, 0.15) is 0 Å². The van der Waals surface area contributed by atoms with Crippen LogP contribution in [-0.2, 0) is 17.8 Å². The van der Waals surface area contributed by atoms with Crippen LogP contribution < -0.4 is 16.0 Å². The van der Waals surface area contributed by atoms with Crippen molar-refractivity contribution in [2.75, 3.05) is 33.1 Å². The van der Waals surface area contributed by atoms with Crippen molar-refractivity contribution in [3.63, 3.8) is 0 Å². The summed E-state index contributed by atoms with van der Waals surface area (Å²) in [6.45, 7) is 0.547. The van der Waals surface area contributed by atoms with E-state index in [1.807, 2.05) is 19.0 Å². The van der Waals surface area contributed by atoms with E-state index < -0.39 is 40.9 Å². The Labute approximate surface area is 228 Å². The SMILES string of the molecule is B=C1C(C(N)=O)=C(O)[C@@H](N(C)C)[C@@H]2C[C@@H]3Cc4c(c(O)cc(CNC5CCC5)c4N(C)C)C(=O)C3=C(O)[C@]12O. The molecule has 0 bridgehead atoms. The Balaban J connectivity index is 1.66. The van der Waals surface area contributed by atoms with Crippen LogP contribution >= 0.6 is 0 Å². The van der Waals surface area contributed by atoms with Crippen LogP contribution in [0.5, 0.6) is 5.75 Å². The number of phenols is 1. The predicted molar refractivity (Wildman–Crippen MR) is 150 cm³/mol. The Hall–Kier alpha value is -3.15. The number of carbonyl (C=O) groups is 2. The summed E-state index contributed by atoms with van der Waals surface area (Å²) in [6, 6.07) is 1.18. The Bertz CT molecular complexity index is 1350. The molecule has 208 valence electrons. The number of phenolic OH excluding ortho intramolecular Hbond substituents is 1. The molecule has 0 saturated heterocycles. The fourth-order valence-electron chi connectivity index (χ4n) is 7.10. The molecule has 0 unspecified atom stereocenters. The van der Waals surface area contributed by atoms with Gasteiger partial charge >= 0.3 is 209 Å². The number of ketones is 1. The number of rotatable bonds is 6. The zero-order chi connectivity index (χ0) is 28.5. The molecule has 0 aromatic heterocycles. The molecule has 39 heavy (non-hydrogen) atoms. The average Bonchev–Trinajstić information content (AvgIpc) is 2.79. The summed E-state index contributed by atoms with van der Waals surface area (Å²) >= 11 is 0. The number of carbonyl (C=O) groups excluding carboxylic acids is 2. The summed E-state index contributed by atoms with van der Waals surface area (Å²) in [5.74, 6) is -3.98. The van der Waals surface area contributed by atoms with Crippen molar-refractivity contribution in [1.82, 2.24) is 10.2 Å². The van der Waals surface area contributed by atoms with Gasteiger partial charge in [-0.05, 0) is 12.8 Å². The van der Waals surface area contributed by atoms with Crippen molar-refractivity contribution in [3.05, 3.63) is 45.4 Å². The number of likely N-dealkylation sites (N-methyl/N-ethyl adjacent to an activating group) is 1. The van der Waals surface area contributed by atoms with Crippen LogP contribution in [0, 0.1) is 11.8 Å². The van der Waals surface area contributed by atoms with E-state index >= 15 is 0 Å². The summed E-state index contributed by atoms with van der Waals surface area (Å²) in [6.07, 6.45) is 3.98. The number of primary amides is 1. The van der Waals surface area contributed by atoms with Crippen LogP contribution in [0.3, 0.4) is 0 Å². The van der Waals surface area contributed by atoms with Gasteiger partial charge in [0.25, 0.3) is 0 Å². The van der Waals surface area contributed by atoms with Gasteiger partial charge in [0.15, 0.2) is 0 Å². The molecule has 0 spiro atoms. The van der Waals surface area contributed by atoms with Crippen LogP contribution in [0.2, 0.25) is 0 Å². The number of aliphatic hydroxyl groups is 3. The molecule has 4 atom stereocenters. The third-order valence-electron chi connectivity index (χ3n) is 9.10. The number of nitrogens with zero attached hydrogens (tertiary/aromatic N) is 2. The molecule has 0 aliphatic heterocycles. The van der Waals surface area contributed by atoms with Crippen LogP contribution in [0.25, 0.3) is 0 Å². The molecule has 1 fully saturated rings. The first-order valence-corrected chi connectivity index (χ1v) is 13.4. The first-order chi connectivity index (χ1) is 18.3. The van der Waals surface area contributed by atoms with E-state index in [0.717, 1.165) is 24.1 Å². The van der Waals surface area contributed by atoms with Crippen molar-refractivity contribution >= 4 is 30.3 Å². The number of nitrogens with two attached hydrogens (primary N) is 1. The number of anilines is 1. The minimum atomic E-state index is -2.20. The minimum absolute atomic E-state index is 0.00883. The molecule has 1 aromatic rings. The Kier molecular flexibility index (Phi) is 6.68. The van der Waals surface area contributed by atoms with E-state index in [9.17, 15) is 30.0 Å². The maximum atomic E-state index is 14.0. The Morgan fingerprint density at radius 2 is 1.87 bits per heavy atom. The number of benzene rings is 1. The average molecular weight is 536 g/mol. The van der Waals surface area contributed by atoms with E-state index in [1.54, 1.807) is 25.1 Å². The van der Waals surface area contributed by atoms with Crippen molar-refractivity contribution in [2.24, 2.45) is 17.6 Å². The number of nitrogens with one attached hydrogen (secondary N) is 1. The molecule has 10 nitrogen and oxygen atoms in total. The Morgan fingerprint density at radius 3 is 2.41 bits per heavy atom. The summed E-state index contributed by atoms with van der Waals surface area (Å²) in [5, 5.41) is 49.2. The standard InChI is InChI=1S/C28H37BN4O6/c1-32(2)21-13(11-31-14-6-5-7-14)10-17(34)19-15(21)8-12-9-16-22(33(3)4)24(36)20(27(30)38)25(29)28(16,39)26(37)18(12)23(19)35/h10,12,14,16,22,29,31,34,36-37,39H,5-9,11H2,1-4H3,(H2,30,38)/t12-,16-,22-,28+/m0/s1. The number of fused-ring (bicyclic) bond motifs is 3. The monoisotopic (exact) mass is 536 g/mol. The second-order valence-corrected chi connectivity index (χ2v) is 11.8. The second kappa shape index (κ2) is 9.50. The van der Waals surface area contributed by atoms with Crippen LogP contribution in [0.15, 0.2) is 28.7 Å². The zero-order valence-corrected chi connectivity index (χ0v) is 22.9. The molecule has 4 aliphatic carbocycles. The first kappa shape index (κ1) is 27.4. The summed E-state index contributed by atoms with van der Waals surface area (Å²) in [5.41, 5.74) is 5.25. The molecule has 4 aliphatic rings. The van der Waals surface area contributed by atoms with E-state index in [4.69, 9.17) is 5.73 Å². The van der Waals surface area contributed by atoms with Crippen molar-refractivity contribution in [2.45, 2.75) is 56.3 Å². The summed E-state index contributed by atoms with van der Waals surface area (Å²) in [7, 11) is 11.0. The van der Waals surface area contributed by atoms with Gasteiger partial charge in [-0.3, -0.25) is 0 Å². The van der Waals surface area contributed by atoms with Crippen LogP contribution in [-0.4, -0.2) is 95.8 Å². The second-order valence-electron chi connectivity index (χ2n) is 11.8. The molecular formula is C28H37BN4O6. The molecule has 1 saturated carbocycles. The fourth-order valence-corrected chi connectivity index (χ4v) is 7.10. The van der Waals surface area contributed by atoms with Crippen molar-refractivity contribution in [1.29, 1.82) is 0 Å². The molecule has 1 aromatic carbocycles. The van der Waals surface area contributed by atoms with Gasteiger partial charge in [-0.2, -0.15) is 0 Å². The van der Waals surface area contributed by atoms with Crippen molar-refractivity contribution in [3.8, 4) is 5.75 Å². The van der Waals surface area contributed by atoms with E-state index in [-0.39, 0.29) is 40.1 Å². The van der Waals surface area contributed by atoms with Crippen LogP contribution in [0.1, 0.15) is 47.2 Å². The van der Waals surface area contributed by atoms with E-state index in [1.165, 1.54) is 6.42 Å². The molecule has 0 heterocycles. The van der Waals surface area contributed by atoms with E-state index in [2.05, 4.69) is 12.8 Å². The molecule has 1 amide bonds. The number of hydrogen-bond acceptors (Lipinski definition) is 9. The van der Waals surface area contributed by atoms with Gasteiger partial charge in [-0.1, -0.05) is 6.42 Å². The first-order valence-electron chi connectivity index (χ1n) is 13.4. The fraction of sp³-hybridized carbons (Fsp3) is 0.536. The van der Waals surface area contributed by atoms with Crippen LogP contribution in [0.4, 0.5) is 5.69 Å².